The van der Waals surface area contributed by atoms with Gasteiger partial charge in [-0.1, -0.05) is 12.0 Å². The van der Waals surface area contributed by atoms with Crippen molar-refractivity contribution in [3.63, 3.8) is 0 Å². The van der Waals surface area contributed by atoms with Gasteiger partial charge >= 0.3 is 6.18 Å². The van der Waals surface area contributed by atoms with Gasteiger partial charge in [-0.3, -0.25) is 0 Å². The predicted octanol–water partition coefficient (Wildman–Crippen LogP) is 3.06. The number of halogens is 3. The molecule has 0 fully saturated rings. The van der Waals surface area contributed by atoms with E-state index in [2.05, 4.69) is 11.2 Å². The van der Waals surface area contributed by atoms with Crippen LogP contribution in [0.1, 0.15) is 11.1 Å². The molecule has 15 heavy (non-hydrogen) atoms. The molecule has 0 bridgehead atoms. The van der Waals surface area contributed by atoms with E-state index < -0.39 is 11.7 Å². The summed E-state index contributed by atoms with van der Waals surface area (Å²) in [5.41, 5.74) is -0.0486. The van der Waals surface area contributed by atoms with Crippen LogP contribution in [0.2, 0.25) is 0 Å². The van der Waals surface area contributed by atoms with Crippen molar-refractivity contribution in [3.05, 3.63) is 29.3 Å². The van der Waals surface area contributed by atoms with E-state index in [-0.39, 0.29) is 12.1 Å². The van der Waals surface area contributed by atoms with Gasteiger partial charge in [0.05, 0.1) is 12.1 Å². The quantitative estimate of drug-likeness (QED) is 0.744. The van der Waals surface area contributed by atoms with E-state index in [4.69, 9.17) is 6.42 Å². The van der Waals surface area contributed by atoms with Gasteiger partial charge in [0, 0.05) is 5.69 Å². The molecule has 0 atom stereocenters. The molecular formula is C11H10F3N. The van der Waals surface area contributed by atoms with Gasteiger partial charge in [-0.2, -0.15) is 13.2 Å². The maximum atomic E-state index is 12.5. The Balaban J connectivity index is 3.07. The molecule has 0 aliphatic rings. The summed E-state index contributed by atoms with van der Waals surface area (Å²) < 4.78 is 37.4. The Morgan fingerprint density at radius 3 is 2.60 bits per heavy atom. The van der Waals surface area contributed by atoms with Crippen molar-refractivity contribution in [3.8, 4) is 12.3 Å². The van der Waals surface area contributed by atoms with Gasteiger partial charge in [-0.05, 0) is 24.6 Å². The van der Waals surface area contributed by atoms with Crippen molar-refractivity contribution in [1.29, 1.82) is 0 Å². The summed E-state index contributed by atoms with van der Waals surface area (Å²) in [6.07, 6.45) is 0.694. The molecule has 1 aromatic carbocycles. The van der Waals surface area contributed by atoms with E-state index in [0.717, 1.165) is 6.07 Å². The van der Waals surface area contributed by atoms with E-state index >= 15 is 0 Å². The third-order valence-corrected chi connectivity index (χ3v) is 2.02. The van der Waals surface area contributed by atoms with Crippen LogP contribution in [0.4, 0.5) is 18.9 Å². The zero-order valence-corrected chi connectivity index (χ0v) is 8.15. The number of rotatable bonds is 2. The van der Waals surface area contributed by atoms with E-state index in [1.54, 1.807) is 6.07 Å². The Bertz CT molecular complexity index is 388. The molecule has 0 unspecified atom stereocenters. The zero-order valence-electron chi connectivity index (χ0n) is 8.15. The smallest absolute Gasteiger partial charge is 0.374 e. The monoisotopic (exact) mass is 213 g/mol. The minimum atomic E-state index is -4.32. The summed E-state index contributed by atoms with van der Waals surface area (Å²) in [4.78, 5) is 0. The Morgan fingerprint density at radius 2 is 2.07 bits per heavy atom. The molecule has 0 spiro atoms. The van der Waals surface area contributed by atoms with Gasteiger partial charge in [-0.15, -0.1) is 6.42 Å². The number of hydrogen-bond acceptors (Lipinski definition) is 1. The lowest BCUT2D eigenvalue weighted by Crippen LogP contribution is -2.10. The molecular weight excluding hydrogens is 203 g/mol. The molecule has 1 rings (SSSR count). The van der Waals surface area contributed by atoms with Crippen LogP contribution < -0.4 is 5.32 Å². The molecule has 4 heteroatoms. The Morgan fingerprint density at radius 1 is 1.40 bits per heavy atom. The largest absolute Gasteiger partial charge is 0.416 e. The lowest BCUT2D eigenvalue weighted by Gasteiger charge is -2.14. The van der Waals surface area contributed by atoms with Crippen molar-refractivity contribution in [2.45, 2.75) is 13.1 Å². The summed E-state index contributed by atoms with van der Waals surface area (Å²) in [5.74, 6) is 2.31. The molecule has 0 amide bonds. The summed E-state index contributed by atoms with van der Waals surface area (Å²) >= 11 is 0. The normalized spacial score (nSPS) is 10.9. The first-order chi connectivity index (χ1) is 6.96. The molecule has 1 nitrogen and oxygen atoms in total. The Hall–Kier alpha value is -1.63. The highest BCUT2D eigenvalue weighted by Gasteiger charge is 2.32. The van der Waals surface area contributed by atoms with Crippen molar-refractivity contribution < 1.29 is 13.2 Å². The van der Waals surface area contributed by atoms with Gasteiger partial charge in [0.2, 0.25) is 0 Å². The highest BCUT2D eigenvalue weighted by Crippen LogP contribution is 2.34. The van der Waals surface area contributed by atoms with Gasteiger partial charge in [-0.25, -0.2) is 0 Å². The number of benzene rings is 1. The van der Waals surface area contributed by atoms with Crippen LogP contribution in [0.5, 0.6) is 0 Å². The number of nitrogens with one attached hydrogen (secondary N) is 1. The molecule has 1 N–H and O–H groups in total. The van der Waals surface area contributed by atoms with E-state index in [0.29, 0.717) is 5.69 Å². The first-order valence-electron chi connectivity index (χ1n) is 4.31. The summed E-state index contributed by atoms with van der Waals surface area (Å²) in [6, 6.07) is 3.98. The fourth-order valence-electron chi connectivity index (χ4n) is 1.28. The minimum absolute atomic E-state index is 0.167. The molecule has 0 saturated carbocycles. The molecule has 0 heterocycles. The second-order valence-electron chi connectivity index (χ2n) is 3.03. The molecule has 80 valence electrons. The second-order valence-corrected chi connectivity index (χ2v) is 3.03. The van der Waals surface area contributed by atoms with Crippen LogP contribution in [0.15, 0.2) is 18.2 Å². The highest BCUT2D eigenvalue weighted by molar-refractivity contribution is 5.55. The maximum Gasteiger partial charge on any atom is 0.416 e. The molecule has 1 aromatic rings. The SMILES string of the molecule is C#CCNc1cccc(C(F)(F)F)c1C. The molecule has 0 aliphatic carbocycles. The van der Waals surface area contributed by atoms with Crippen LogP contribution >= 0.6 is 0 Å². The van der Waals surface area contributed by atoms with Gasteiger partial charge in [0.1, 0.15) is 0 Å². The van der Waals surface area contributed by atoms with Crippen molar-refractivity contribution >= 4 is 5.69 Å². The first-order valence-corrected chi connectivity index (χ1v) is 4.31. The molecule has 0 saturated heterocycles. The topological polar surface area (TPSA) is 12.0 Å². The average molecular weight is 213 g/mol. The second kappa shape index (κ2) is 4.26. The van der Waals surface area contributed by atoms with E-state index in [1.807, 2.05) is 0 Å². The van der Waals surface area contributed by atoms with Crippen molar-refractivity contribution in [2.24, 2.45) is 0 Å². The molecule has 0 aromatic heterocycles. The summed E-state index contributed by atoms with van der Waals surface area (Å²) in [6.45, 7) is 1.63. The van der Waals surface area contributed by atoms with E-state index in [1.165, 1.54) is 13.0 Å². The van der Waals surface area contributed by atoms with Crippen molar-refractivity contribution in [1.82, 2.24) is 0 Å². The first kappa shape index (κ1) is 11.4. The lowest BCUT2D eigenvalue weighted by atomic mass is 10.1. The lowest BCUT2D eigenvalue weighted by molar-refractivity contribution is -0.138. The third kappa shape index (κ3) is 2.66. The number of terminal acetylenes is 1. The number of alkyl halides is 3. The Kier molecular flexibility index (Phi) is 3.25. The van der Waals surface area contributed by atoms with Gasteiger partial charge in [0.25, 0.3) is 0 Å². The van der Waals surface area contributed by atoms with Gasteiger partial charge < -0.3 is 5.32 Å². The summed E-state index contributed by atoms with van der Waals surface area (Å²) in [7, 11) is 0. The van der Waals surface area contributed by atoms with Crippen molar-refractivity contribution in [2.75, 3.05) is 11.9 Å². The van der Waals surface area contributed by atoms with Crippen LogP contribution in [-0.2, 0) is 6.18 Å². The Labute approximate surface area is 86.3 Å². The maximum absolute atomic E-state index is 12.5. The van der Waals surface area contributed by atoms with Crippen LogP contribution in [0.25, 0.3) is 0 Å². The van der Waals surface area contributed by atoms with Crippen LogP contribution in [0.3, 0.4) is 0 Å². The fourth-order valence-corrected chi connectivity index (χ4v) is 1.28. The molecule has 0 aliphatic heterocycles. The zero-order chi connectivity index (χ0) is 11.5. The standard InChI is InChI=1S/C11H10F3N/c1-3-7-15-10-6-4-5-9(8(10)2)11(12,13)14/h1,4-6,15H,7H2,2H3. The third-order valence-electron chi connectivity index (χ3n) is 2.02. The predicted molar refractivity (Wildman–Crippen MR) is 53.5 cm³/mol. The molecule has 0 radical (unpaired) electrons. The summed E-state index contributed by atoms with van der Waals surface area (Å²) in [5, 5.41) is 2.74. The number of anilines is 1. The van der Waals surface area contributed by atoms with Gasteiger partial charge in [0.15, 0.2) is 0 Å². The minimum Gasteiger partial charge on any atom is -0.374 e. The number of hydrogen-bond donors (Lipinski definition) is 1. The van der Waals surface area contributed by atoms with Crippen LogP contribution in [0, 0.1) is 19.3 Å². The fraction of sp³-hybridized carbons (Fsp3) is 0.273. The highest BCUT2D eigenvalue weighted by atomic mass is 19.4. The van der Waals surface area contributed by atoms with Crippen LogP contribution in [-0.4, -0.2) is 6.54 Å². The average Bonchev–Trinajstić information content (AvgIpc) is 2.14. The van der Waals surface area contributed by atoms with E-state index in [9.17, 15) is 13.2 Å².